The second-order valence-electron chi connectivity index (χ2n) is 2.10. The van der Waals surface area contributed by atoms with E-state index in [9.17, 15) is 4.79 Å². The molecule has 0 spiro atoms. The molecule has 1 heterocycles. The monoisotopic (exact) mass is 164 g/mol. The SMILES string of the molecule is NC=C(C(=O)O)c1ccccn1. The first-order valence-electron chi connectivity index (χ1n) is 3.32. The molecule has 0 aliphatic rings. The maximum atomic E-state index is 10.5. The van der Waals surface area contributed by atoms with E-state index >= 15 is 0 Å². The topological polar surface area (TPSA) is 76.2 Å². The van der Waals surface area contributed by atoms with Gasteiger partial charge in [-0.15, -0.1) is 0 Å². The van der Waals surface area contributed by atoms with Crippen LogP contribution in [0.1, 0.15) is 5.69 Å². The first kappa shape index (κ1) is 8.26. The van der Waals surface area contributed by atoms with E-state index in [1.807, 2.05) is 0 Å². The van der Waals surface area contributed by atoms with Gasteiger partial charge in [0.1, 0.15) is 5.57 Å². The summed E-state index contributed by atoms with van der Waals surface area (Å²) < 4.78 is 0. The van der Waals surface area contributed by atoms with Crippen LogP contribution in [0.5, 0.6) is 0 Å². The minimum absolute atomic E-state index is 0.00981. The van der Waals surface area contributed by atoms with Gasteiger partial charge in [-0.3, -0.25) is 4.98 Å². The summed E-state index contributed by atoms with van der Waals surface area (Å²) in [7, 11) is 0. The smallest absolute Gasteiger partial charge is 0.339 e. The van der Waals surface area contributed by atoms with Gasteiger partial charge in [0.05, 0.1) is 5.69 Å². The van der Waals surface area contributed by atoms with Crippen molar-refractivity contribution in [2.24, 2.45) is 5.73 Å². The van der Waals surface area contributed by atoms with E-state index in [0.717, 1.165) is 6.20 Å². The molecule has 0 saturated heterocycles. The van der Waals surface area contributed by atoms with Crippen LogP contribution >= 0.6 is 0 Å². The molecule has 0 unspecified atom stereocenters. The van der Waals surface area contributed by atoms with Crippen molar-refractivity contribution >= 4 is 11.5 Å². The summed E-state index contributed by atoms with van der Waals surface area (Å²) >= 11 is 0. The fraction of sp³-hybridized carbons (Fsp3) is 0. The van der Waals surface area contributed by atoms with Crippen molar-refractivity contribution in [3.05, 3.63) is 36.3 Å². The van der Waals surface area contributed by atoms with E-state index in [1.165, 1.54) is 6.20 Å². The molecular weight excluding hydrogens is 156 g/mol. The minimum Gasteiger partial charge on any atom is -0.478 e. The highest BCUT2D eigenvalue weighted by Gasteiger charge is 2.09. The van der Waals surface area contributed by atoms with Crippen LogP contribution in [0.15, 0.2) is 30.6 Å². The fourth-order valence-corrected chi connectivity index (χ4v) is 0.788. The number of aromatic nitrogens is 1. The van der Waals surface area contributed by atoms with Crippen molar-refractivity contribution in [2.45, 2.75) is 0 Å². The lowest BCUT2D eigenvalue weighted by atomic mass is 10.2. The van der Waals surface area contributed by atoms with E-state index in [4.69, 9.17) is 10.8 Å². The quantitative estimate of drug-likeness (QED) is 0.623. The van der Waals surface area contributed by atoms with Gasteiger partial charge < -0.3 is 10.8 Å². The van der Waals surface area contributed by atoms with E-state index in [-0.39, 0.29) is 5.57 Å². The van der Waals surface area contributed by atoms with E-state index in [0.29, 0.717) is 5.69 Å². The summed E-state index contributed by atoms with van der Waals surface area (Å²) in [6.45, 7) is 0. The van der Waals surface area contributed by atoms with Gasteiger partial charge in [-0.1, -0.05) is 6.07 Å². The van der Waals surface area contributed by atoms with Crippen molar-refractivity contribution < 1.29 is 9.90 Å². The predicted octanol–water partition coefficient (Wildman–Crippen LogP) is 0.466. The number of nitrogens with zero attached hydrogens (tertiary/aromatic N) is 1. The molecule has 1 rings (SSSR count). The van der Waals surface area contributed by atoms with Gasteiger partial charge in [0.2, 0.25) is 0 Å². The summed E-state index contributed by atoms with van der Waals surface area (Å²) in [5, 5.41) is 8.64. The molecule has 0 bridgehead atoms. The lowest BCUT2D eigenvalue weighted by molar-refractivity contribution is -0.130. The molecule has 62 valence electrons. The molecule has 3 N–H and O–H groups in total. The fourth-order valence-electron chi connectivity index (χ4n) is 0.788. The van der Waals surface area contributed by atoms with Crippen molar-refractivity contribution in [3.63, 3.8) is 0 Å². The van der Waals surface area contributed by atoms with E-state index in [1.54, 1.807) is 18.2 Å². The first-order valence-corrected chi connectivity index (χ1v) is 3.32. The molecular formula is C8H8N2O2. The maximum absolute atomic E-state index is 10.5. The van der Waals surface area contributed by atoms with Gasteiger partial charge in [-0.25, -0.2) is 4.79 Å². The largest absolute Gasteiger partial charge is 0.478 e. The van der Waals surface area contributed by atoms with Gasteiger partial charge in [0, 0.05) is 12.4 Å². The minimum atomic E-state index is -1.07. The highest BCUT2D eigenvalue weighted by atomic mass is 16.4. The molecule has 0 atom stereocenters. The molecule has 4 heteroatoms. The number of pyridine rings is 1. The predicted molar refractivity (Wildman–Crippen MR) is 44.0 cm³/mol. The second-order valence-corrected chi connectivity index (χ2v) is 2.10. The van der Waals surface area contributed by atoms with Gasteiger partial charge in [-0.05, 0) is 12.1 Å². The van der Waals surface area contributed by atoms with Gasteiger partial charge in [-0.2, -0.15) is 0 Å². The van der Waals surface area contributed by atoms with Gasteiger partial charge in [0.25, 0.3) is 0 Å². The van der Waals surface area contributed by atoms with E-state index in [2.05, 4.69) is 4.98 Å². The molecule has 0 aliphatic carbocycles. The lowest BCUT2D eigenvalue weighted by Gasteiger charge is -1.98. The average molecular weight is 164 g/mol. The lowest BCUT2D eigenvalue weighted by Crippen LogP contribution is -2.03. The van der Waals surface area contributed by atoms with Gasteiger partial charge >= 0.3 is 5.97 Å². The zero-order chi connectivity index (χ0) is 8.97. The Morgan fingerprint density at radius 2 is 2.33 bits per heavy atom. The number of rotatable bonds is 2. The summed E-state index contributed by atoms with van der Waals surface area (Å²) in [5.41, 5.74) is 5.50. The first-order chi connectivity index (χ1) is 5.75. The number of hydrogen-bond donors (Lipinski definition) is 2. The number of carbonyl (C=O) groups is 1. The van der Waals surface area contributed by atoms with Gasteiger partial charge in [0.15, 0.2) is 0 Å². The summed E-state index contributed by atoms with van der Waals surface area (Å²) in [6, 6.07) is 5.00. The van der Waals surface area contributed by atoms with Crippen LogP contribution in [0, 0.1) is 0 Å². The Labute approximate surface area is 69.4 Å². The molecule has 1 aromatic heterocycles. The second kappa shape index (κ2) is 3.52. The summed E-state index contributed by atoms with van der Waals surface area (Å²) in [4.78, 5) is 14.4. The Bertz CT molecular complexity index is 306. The molecule has 0 radical (unpaired) electrons. The van der Waals surface area contributed by atoms with Crippen LogP contribution < -0.4 is 5.73 Å². The van der Waals surface area contributed by atoms with Crippen LogP contribution in [-0.2, 0) is 4.79 Å². The Kier molecular flexibility index (Phi) is 2.42. The highest BCUT2D eigenvalue weighted by molar-refractivity contribution is 6.14. The Balaban J connectivity index is 3.05. The highest BCUT2D eigenvalue weighted by Crippen LogP contribution is 2.08. The molecule has 12 heavy (non-hydrogen) atoms. The average Bonchev–Trinajstić information content (AvgIpc) is 2.07. The third-order valence-electron chi connectivity index (χ3n) is 1.34. The molecule has 4 nitrogen and oxygen atoms in total. The molecule has 0 amide bonds. The third-order valence-corrected chi connectivity index (χ3v) is 1.34. The van der Waals surface area contributed by atoms with Crippen LogP contribution in [0.3, 0.4) is 0 Å². The van der Waals surface area contributed by atoms with Crippen LogP contribution in [0.25, 0.3) is 5.57 Å². The number of nitrogens with two attached hydrogens (primary N) is 1. The number of carboxylic acid groups (broad SMARTS) is 1. The normalized spacial score (nSPS) is 11.2. The van der Waals surface area contributed by atoms with Crippen molar-refractivity contribution in [1.29, 1.82) is 0 Å². The molecule has 1 aromatic rings. The van der Waals surface area contributed by atoms with Crippen molar-refractivity contribution in [2.75, 3.05) is 0 Å². The van der Waals surface area contributed by atoms with E-state index < -0.39 is 5.97 Å². The van der Waals surface area contributed by atoms with Crippen molar-refractivity contribution in [1.82, 2.24) is 4.98 Å². The zero-order valence-electron chi connectivity index (χ0n) is 6.27. The Morgan fingerprint density at radius 1 is 1.58 bits per heavy atom. The molecule has 0 fully saturated rings. The summed E-state index contributed by atoms with van der Waals surface area (Å²) in [5.74, 6) is -1.07. The molecule has 0 saturated carbocycles. The molecule has 0 aromatic carbocycles. The van der Waals surface area contributed by atoms with Crippen LogP contribution in [-0.4, -0.2) is 16.1 Å². The van der Waals surface area contributed by atoms with Crippen LogP contribution in [0.2, 0.25) is 0 Å². The van der Waals surface area contributed by atoms with Crippen molar-refractivity contribution in [3.8, 4) is 0 Å². The summed E-state index contributed by atoms with van der Waals surface area (Å²) in [6.07, 6.45) is 2.55. The number of aliphatic carboxylic acids is 1. The third kappa shape index (κ3) is 1.60. The zero-order valence-corrected chi connectivity index (χ0v) is 6.27. The number of hydrogen-bond acceptors (Lipinski definition) is 3. The Hall–Kier alpha value is -1.84. The maximum Gasteiger partial charge on any atom is 0.339 e. The molecule has 0 aliphatic heterocycles. The number of carboxylic acids is 1. The Morgan fingerprint density at radius 3 is 2.75 bits per heavy atom. The standard InChI is InChI=1S/C8H8N2O2/c9-5-6(8(11)12)7-3-1-2-4-10-7/h1-5H,9H2,(H,11,12). The van der Waals surface area contributed by atoms with Crippen LogP contribution in [0.4, 0.5) is 0 Å².